The van der Waals surface area contributed by atoms with Crippen LogP contribution in [0.25, 0.3) is 22.0 Å². The van der Waals surface area contributed by atoms with Gasteiger partial charge in [-0.05, 0) is 18.2 Å². The molecular weight excluding hydrogens is 258 g/mol. The Morgan fingerprint density at radius 2 is 1.70 bits per heavy atom. The lowest BCUT2D eigenvalue weighted by molar-refractivity contribution is 0.0694. The molecular formula is C15H11NO4. The standard InChI is InChI=1S/C15H11NO4/c17-11-5-6-12(18)14(15(19)20)13(11)9-7-16-10-4-2-1-3-8(9)10/h1-7,16-18H,(H,19,20). The van der Waals surface area contributed by atoms with Crippen LogP contribution in [0.15, 0.2) is 42.6 Å². The molecule has 0 radical (unpaired) electrons. The Labute approximate surface area is 113 Å². The molecule has 0 saturated heterocycles. The Balaban J connectivity index is 2.40. The summed E-state index contributed by atoms with van der Waals surface area (Å²) in [6.45, 7) is 0. The number of benzene rings is 2. The lowest BCUT2D eigenvalue weighted by atomic mass is 9.97. The minimum Gasteiger partial charge on any atom is -0.507 e. The van der Waals surface area contributed by atoms with Crippen molar-refractivity contribution in [3.63, 3.8) is 0 Å². The fraction of sp³-hybridized carbons (Fsp3) is 0. The third-order valence-corrected chi connectivity index (χ3v) is 3.23. The number of hydrogen-bond donors (Lipinski definition) is 4. The van der Waals surface area contributed by atoms with Gasteiger partial charge in [0.15, 0.2) is 0 Å². The second-order valence-corrected chi connectivity index (χ2v) is 4.41. The summed E-state index contributed by atoms with van der Waals surface area (Å²) in [5.41, 5.74) is 1.15. The van der Waals surface area contributed by atoms with Crippen LogP contribution in [0.3, 0.4) is 0 Å². The van der Waals surface area contributed by atoms with Crippen LogP contribution in [-0.4, -0.2) is 26.3 Å². The number of para-hydroxylation sites is 1. The largest absolute Gasteiger partial charge is 0.507 e. The maximum atomic E-state index is 11.3. The first-order chi connectivity index (χ1) is 9.59. The van der Waals surface area contributed by atoms with E-state index in [0.717, 1.165) is 17.0 Å². The predicted octanol–water partition coefficient (Wildman–Crippen LogP) is 2.94. The van der Waals surface area contributed by atoms with Crippen LogP contribution >= 0.6 is 0 Å². The van der Waals surface area contributed by atoms with Gasteiger partial charge >= 0.3 is 5.97 Å². The fourth-order valence-corrected chi connectivity index (χ4v) is 2.35. The molecule has 0 unspecified atom stereocenters. The van der Waals surface area contributed by atoms with E-state index >= 15 is 0 Å². The number of phenols is 2. The van der Waals surface area contributed by atoms with Gasteiger partial charge in [-0.2, -0.15) is 0 Å². The molecule has 2 aromatic carbocycles. The number of phenolic OH excluding ortho intramolecular Hbond substituents is 1. The third kappa shape index (κ3) is 1.68. The van der Waals surface area contributed by atoms with Crippen molar-refractivity contribution in [2.24, 2.45) is 0 Å². The van der Waals surface area contributed by atoms with E-state index in [-0.39, 0.29) is 22.6 Å². The van der Waals surface area contributed by atoms with Gasteiger partial charge in [0.2, 0.25) is 0 Å². The van der Waals surface area contributed by atoms with E-state index in [4.69, 9.17) is 0 Å². The molecule has 20 heavy (non-hydrogen) atoms. The highest BCUT2D eigenvalue weighted by molar-refractivity contribution is 6.06. The summed E-state index contributed by atoms with van der Waals surface area (Å²) < 4.78 is 0. The first-order valence-corrected chi connectivity index (χ1v) is 5.94. The molecule has 0 spiro atoms. The van der Waals surface area contributed by atoms with Crippen LogP contribution in [0.5, 0.6) is 11.5 Å². The molecule has 0 aliphatic heterocycles. The summed E-state index contributed by atoms with van der Waals surface area (Å²) in [4.78, 5) is 14.4. The van der Waals surface area contributed by atoms with E-state index < -0.39 is 5.97 Å². The summed E-state index contributed by atoms with van der Waals surface area (Å²) in [5.74, 6) is -1.86. The number of aromatic nitrogens is 1. The summed E-state index contributed by atoms with van der Waals surface area (Å²) in [6.07, 6.45) is 1.62. The van der Waals surface area contributed by atoms with Crippen molar-refractivity contribution in [2.45, 2.75) is 0 Å². The van der Waals surface area contributed by atoms with Crippen molar-refractivity contribution in [2.75, 3.05) is 0 Å². The number of carboxylic acids is 1. The topological polar surface area (TPSA) is 93.6 Å². The SMILES string of the molecule is O=C(O)c1c(O)ccc(O)c1-c1c[nH]c2ccccc12. The molecule has 5 nitrogen and oxygen atoms in total. The highest BCUT2D eigenvalue weighted by atomic mass is 16.4. The lowest BCUT2D eigenvalue weighted by Gasteiger charge is -2.09. The van der Waals surface area contributed by atoms with Crippen molar-refractivity contribution in [1.82, 2.24) is 4.98 Å². The second kappa shape index (κ2) is 4.31. The van der Waals surface area contributed by atoms with Gasteiger partial charge in [0.25, 0.3) is 0 Å². The molecule has 0 saturated carbocycles. The summed E-state index contributed by atoms with van der Waals surface area (Å²) in [5, 5.41) is 29.8. The number of aromatic hydroxyl groups is 2. The van der Waals surface area contributed by atoms with Crippen LogP contribution in [0.4, 0.5) is 0 Å². The van der Waals surface area contributed by atoms with Crippen LogP contribution in [-0.2, 0) is 0 Å². The highest BCUT2D eigenvalue weighted by Crippen LogP contribution is 2.40. The monoisotopic (exact) mass is 269 g/mol. The van der Waals surface area contributed by atoms with Crippen LogP contribution in [0.2, 0.25) is 0 Å². The van der Waals surface area contributed by atoms with Crippen molar-refractivity contribution in [3.05, 3.63) is 48.2 Å². The van der Waals surface area contributed by atoms with Gasteiger partial charge in [-0.1, -0.05) is 18.2 Å². The predicted molar refractivity (Wildman–Crippen MR) is 74.0 cm³/mol. The first kappa shape index (κ1) is 12.1. The first-order valence-electron chi connectivity index (χ1n) is 5.94. The Kier molecular flexibility index (Phi) is 2.61. The normalized spacial score (nSPS) is 10.8. The number of nitrogens with one attached hydrogen (secondary N) is 1. The average molecular weight is 269 g/mol. The Hall–Kier alpha value is -2.95. The molecule has 4 N–H and O–H groups in total. The minimum absolute atomic E-state index is 0.106. The smallest absolute Gasteiger partial charge is 0.340 e. The molecule has 3 aromatic rings. The fourth-order valence-electron chi connectivity index (χ4n) is 2.35. The quantitative estimate of drug-likeness (QED) is 0.538. The number of rotatable bonds is 2. The van der Waals surface area contributed by atoms with Gasteiger partial charge in [-0.25, -0.2) is 4.79 Å². The zero-order chi connectivity index (χ0) is 14.3. The molecule has 1 heterocycles. The van der Waals surface area contributed by atoms with Crippen LogP contribution < -0.4 is 0 Å². The van der Waals surface area contributed by atoms with E-state index in [9.17, 15) is 20.1 Å². The second-order valence-electron chi connectivity index (χ2n) is 4.41. The Morgan fingerprint density at radius 1 is 1.00 bits per heavy atom. The Morgan fingerprint density at radius 3 is 2.45 bits per heavy atom. The maximum Gasteiger partial charge on any atom is 0.340 e. The average Bonchev–Trinajstić information content (AvgIpc) is 2.84. The van der Waals surface area contributed by atoms with E-state index in [0.29, 0.717) is 5.56 Å². The van der Waals surface area contributed by atoms with Crippen molar-refractivity contribution < 1.29 is 20.1 Å². The summed E-state index contributed by atoms with van der Waals surface area (Å²) in [6, 6.07) is 9.77. The van der Waals surface area contributed by atoms with Crippen LogP contribution in [0, 0.1) is 0 Å². The molecule has 0 amide bonds. The van der Waals surface area contributed by atoms with E-state index in [2.05, 4.69) is 4.98 Å². The van der Waals surface area contributed by atoms with Gasteiger partial charge in [0, 0.05) is 28.2 Å². The van der Waals surface area contributed by atoms with Gasteiger partial charge < -0.3 is 20.3 Å². The Bertz CT molecular complexity index is 820. The minimum atomic E-state index is -1.29. The number of hydrogen-bond acceptors (Lipinski definition) is 3. The van der Waals surface area contributed by atoms with Gasteiger partial charge in [-0.3, -0.25) is 0 Å². The van der Waals surface area contributed by atoms with Gasteiger partial charge in [0.1, 0.15) is 17.1 Å². The zero-order valence-corrected chi connectivity index (χ0v) is 10.3. The van der Waals surface area contributed by atoms with E-state index in [1.165, 1.54) is 6.07 Å². The summed E-state index contributed by atoms with van der Waals surface area (Å²) in [7, 11) is 0. The van der Waals surface area contributed by atoms with Crippen LogP contribution in [0.1, 0.15) is 10.4 Å². The molecule has 3 rings (SSSR count). The number of carboxylic acid groups (broad SMARTS) is 1. The molecule has 0 fully saturated rings. The van der Waals surface area contributed by atoms with E-state index in [1.807, 2.05) is 24.3 Å². The number of aromatic amines is 1. The number of aromatic carboxylic acids is 1. The molecule has 0 atom stereocenters. The molecule has 100 valence electrons. The number of carbonyl (C=O) groups is 1. The third-order valence-electron chi connectivity index (χ3n) is 3.23. The highest BCUT2D eigenvalue weighted by Gasteiger charge is 2.22. The van der Waals surface area contributed by atoms with Crippen molar-refractivity contribution in [1.29, 1.82) is 0 Å². The van der Waals surface area contributed by atoms with Gasteiger partial charge in [0.05, 0.1) is 0 Å². The van der Waals surface area contributed by atoms with Crippen molar-refractivity contribution in [3.8, 4) is 22.6 Å². The molecule has 5 heteroatoms. The van der Waals surface area contributed by atoms with Crippen molar-refractivity contribution >= 4 is 16.9 Å². The molecule has 1 aromatic heterocycles. The molecule has 0 aliphatic rings. The van der Waals surface area contributed by atoms with E-state index in [1.54, 1.807) is 6.20 Å². The maximum absolute atomic E-state index is 11.3. The summed E-state index contributed by atoms with van der Waals surface area (Å²) >= 11 is 0. The molecule has 0 bridgehead atoms. The van der Waals surface area contributed by atoms with Gasteiger partial charge in [-0.15, -0.1) is 0 Å². The number of fused-ring (bicyclic) bond motifs is 1. The number of H-pyrrole nitrogens is 1. The molecule has 0 aliphatic carbocycles. The lowest BCUT2D eigenvalue weighted by Crippen LogP contribution is -2.00. The zero-order valence-electron chi connectivity index (χ0n) is 10.3.